The Bertz CT molecular complexity index is 876. The van der Waals surface area contributed by atoms with Crippen molar-refractivity contribution in [2.45, 2.75) is 13.8 Å². The Kier molecular flexibility index (Phi) is 6.05. The van der Waals surface area contributed by atoms with Crippen LogP contribution in [0.1, 0.15) is 24.3 Å². The minimum Gasteiger partial charge on any atom is -0.455 e. The molecule has 3 aromatic rings. The largest absolute Gasteiger partial charge is 0.455 e. The third-order valence-corrected chi connectivity index (χ3v) is 4.22. The molecule has 0 aliphatic rings. The molecule has 0 aliphatic heterocycles. The van der Waals surface area contributed by atoms with Gasteiger partial charge in [-0.15, -0.1) is 0 Å². The minimum absolute atomic E-state index is 0.273. The molecular weight excluding hydrogens is 338 g/mol. The van der Waals surface area contributed by atoms with Crippen molar-refractivity contribution in [2.75, 3.05) is 23.3 Å². The van der Waals surface area contributed by atoms with E-state index in [1.54, 1.807) is 18.3 Å². The van der Waals surface area contributed by atoms with E-state index in [0.717, 1.165) is 18.8 Å². The highest BCUT2D eigenvalue weighted by molar-refractivity contribution is 6.03. The second-order valence-electron chi connectivity index (χ2n) is 5.94. The zero-order valence-electron chi connectivity index (χ0n) is 15.6. The summed E-state index contributed by atoms with van der Waals surface area (Å²) in [4.78, 5) is 19.1. The summed E-state index contributed by atoms with van der Waals surface area (Å²) in [5.74, 6) is 1.02. The number of para-hydroxylation sites is 3. The van der Waals surface area contributed by atoms with E-state index < -0.39 is 0 Å². The first-order chi connectivity index (χ1) is 13.2. The molecule has 1 aromatic heterocycles. The van der Waals surface area contributed by atoms with E-state index >= 15 is 0 Å². The number of nitrogens with one attached hydrogen (secondary N) is 1. The molecule has 1 N–H and O–H groups in total. The van der Waals surface area contributed by atoms with Crippen LogP contribution in [0.25, 0.3) is 0 Å². The molecule has 0 saturated heterocycles. The molecule has 1 heterocycles. The Labute approximate surface area is 159 Å². The van der Waals surface area contributed by atoms with Gasteiger partial charge in [0, 0.05) is 13.1 Å². The summed E-state index contributed by atoms with van der Waals surface area (Å²) in [6, 6.07) is 20.5. The van der Waals surface area contributed by atoms with Gasteiger partial charge >= 0.3 is 0 Å². The Balaban J connectivity index is 1.74. The quantitative estimate of drug-likeness (QED) is 0.645. The molecule has 1 amide bonds. The second kappa shape index (κ2) is 8.85. The molecule has 27 heavy (non-hydrogen) atoms. The third-order valence-electron chi connectivity index (χ3n) is 4.22. The van der Waals surface area contributed by atoms with Gasteiger partial charge in [0.2, 0.25) is 0 Å². The van der Waals surface area contributed by atoms with Gasteiger partial charge in [-0.1, -0.05) is 30.3 Å². The average Bonchev–Trinajstić information content (AvgIpc) is 2.72. The van der Waals surface area contributed by atoms with Crippen molar-refractivity contribution in [3.63, 3.8) is 0 Å². The number of hydrogen-bond acceptors (Lipinski definition) is 4. The molecule has 0 radical (unpaired) electrons. The monoisotopic (exact) mass is 361 g/mol. The summed E-state index contributed by atoms with van der Waals surface area (Å²) < 4.78 is 5.88. The predicted octanol–water partition coefficient (Wildman–Crippen LogP) is 4.97. The van der Waals surface area contributed by atoms with Crippen LogP contribution in [0, 0.1) is 0 Å². The molecule has 0 aliphatic carbocycles. The first kappa shape index (κ1) is 18.5. The topological polar surface area (TPSA) is 54.5 Å². The number of aromatic nitrogens is 1. The SMILES string of the molecule is CCN(CC)c1ccc(C(=O)Nc2ccccc2Oc2ccccc2)nc1. The van der Waals surface area contributed by atoms with Crippen LogP contribution in [0.5, 0.6) is 11.5 Å². The maximum absolute atomic E-state index is 12.6. The molecule has 0 unspecified atom stereocenters. The van der Waals surface area contributed by atoms with Crippen LogP contribution in [0.3, 0.4) is 0 Å². The van der Waals surface area contributed by atoms with Crippen molar-refractivity contribution in [3.05, 3.63) is 78.6 Å². The number of anilines is 2. The number of amides is 1. The molecule has 0 fully saturated rings. The maximum Gasteiger partial charge on any atom is 0.274 e. The number of ether oxygens (including phenoxy) is 1. The van der Waals surface area contributed by atoms with Gasteiger partial charge in [-0.3, -0.25) is 4.79 Å². The Hall–Kier alpha value is -3.34. The van der Waals surface area contributed by atoms with Crippen LogP contribution in [-0.4, -0.2) is 24.0 Å². The molecule has 3 rings (SSSR count). The third kappa shape index (κ3) is 4.64. The van der Waals surface area contributed by atoms with Crippen molar-refractivity contribution in [1.82, 2.24) is 4.98 Å². The van der Waals surface area contributed by atoms with Crippen LogP contribution in [0.4, 0.5) is 11.4 Å². The minimum atomic E-state index is -0.273. The standard InChI is InChI=1S/C22H23N3O2/c1-3-25(4-2)17-14-15-20(23-16-17)22(26)24-19-12-8-9-13-21(19)27-18-10-6-5-7-11-18/h5-16H,3-4H2,1-2H3,(H,24,26). The van der Waals surface area contributed by atoms with Crippen LogP contribution in [0.2, 0.25) is 0 Å². The van der Waals surface area contributed by atoms with E-state index in [1.807, 2.05) is 54.6 Å². The van der Waals surface area contributed by atoms with Crippen molar-refractivity contribution in [1.29, 1.82) is 0 Å². The summed E-state index contributed by atoms with van der Waals surface area (Å²) in [5.41, 5.74) is 1.96. The van der Waals surface area contributed by atoms with Gasteiger partial charge in [0.05, 0.1) is 17.6 Å². The summed E-state index contributed by atoms with van der Waals surface area (Å²) >= 11 is 0. The number of benzene rings is 2. The van der Waals surface area contributed by atoms with E-state index in [4.69, 9.17) is 4.74 Å². The summed E-state index contributed by atoms with van der Waals surface area (Å²) in [6.45, 7) is 5.98. The fourth-order valence-electron chi connectivity index (χ4n) is 2.76. The summed E-state index contributed by atoms with van der Waals surface area (Å²) in [5, 5.41) is 2.88. The Morgan fingerprint density at radius 1 is 0.963 bits per heavy atom. The lowest BCUT2D eigenvalue weighted by Crippen LogP contribution is -2.22. The van der Waals surface area contributed by atoms with Crippen LogP contribution < -0.4 is 15.0 Å². The highest BCUT2D eigenvalue weighted by Crippen LogP contribution is 2.29. The molecular formula is C22H23N3O2. The number of carbonyl (C=O) groups excluding carboxylic acids is 1. The normalized spacial score (nSPS) is 10.3. The smallest absolute Gasteiger partial charge is 0.274 e. The zero-order valence-corrected chi connectivity index (χ0v) is 15.6. The lowest BCUT2D eigenvalue weighted by atomic mass is 10.2. The molecule has 138 valence electrons. The lowest BCUT2D eigenvalue weighted by molar-refractivity contribution is 0.102. The van der Waals surface area contributed by atoms with Gasteiger partial charge in [0.25, 0.3) is 5.91 Å². The van der Waals surface area contributed by atoms with E-state index in [-0.39, 0.29) is 5.91 Å². The molecule has 0 bridgehead atoms. The number of nitrogens with zero attached hydrogens (tertiary/aromatic N) is 2. The highest BCUT2D eigenvalue weighted by Gasteiger charge is 2.12. The number of pyridine rings is 1. The van der Waals surface area contributed by atoms with Gasteiger partial charge in [-0.2, -0.15) is 0 Å². The summed E-state index contributed by atoms with van der Waals surface area (Å²) in [7, 11) is 0. The first-order valence-corrected chi connectivity index (χ1v) is 9.05. The molecule has 0 spiro atoms. The van der Waals surface area contributed by atoms with E-state index in [0.29, 0.717) is 22.9 Å². The number of hydrogen-bond donors (Lipinski definition) is 1. The van der Waals surface area contributed by atoms with E-state index in [1.165, 1.54) is 0 Å². The molecule has 0 saturated carbocycles. The van der Waals surface area contributed by atoms with Crippen molar-refractivity contribution >= 4 is 17.3 Å². The van der Waals surface area contributed by atoms with Gasteiger partial charge in [-0.05, 0) is 50.2 Å². The Morgan fingerprint density at radius 2 is 1.67 bits per heavy atom. The number of rotatable bonds is 7. The van der Waals surface area contributed by atoms with Crippen molar-refractivity contribution in [2.24, 2.45) is 0 Å². The van der Waals surface area contributed by atoms with Crippen molar-refractivity contribution < 1.29 is 9.53 Å². The Morgan fingerprint density at radius 3 is 2.33 bits per heavy atom. The second-order valence-corrected chi connectivity index (χ2v) is 5.94. The van der Waals surface area contributed by atoms with Crippen LogP contribution in [0.15, 0.2) is 72.9 Å². The fourth-order valence-corrected chi connectivity index (χ4v) is 2.76. The van der Waals surface area contributed by atoms with Gasteiger partial charge < -0.3 is 15.0 Å². The van der Waals surface area contributed by atoms with Crippen LogP contribution in [-0.2, 0) is 0 Å². The summed E-state index contributed by atoms with van der Waals surface area (Å²) in [6.07, 6.45) is 1.73. The lowest BCUT2D eigenvalue weighted by Gasteiger charge is -2.20. The molecule has 5 nitrogen and oxygen atoms in total. The highest BCUT2D eigenvalue weighted by atomic mass is 16.5. The zero-order chi connectivity index (χ0) is 19.1. The van der Waals surface area contributed by atoms with E-state index in [9.17, 15) is 4.79 Å². The average molecular weight is 361 g/mol. The number of carbonyl (C=O) groups is 1. The molecule has 5 heteroatoms. The first-order valence-electron chi connectivity index (χ1n) is 9.05. The van der Waals surface area contributed by atoms with Gasteiger partial charge in [0.1, 0.15) is 11.4 Å². The molecule has 2 aromatic carbocycles. The van der Waals surface area contributed by atoms with Gasteiger partial charge in [-0.25, -0.2) is 4.98 Å². The molecule has 0 atom stereocenters. The predicted molar refractivity (Wildman–Crippen MR) is 109 cm³/mol. The van der Waals surface area contributed by atoms with Crippen molar-refractivity contribution in [3.8, 4) is 11.5 Å². The van der Waals surface area contributed by atoms with E-state index in [2.05, 4.69) is 29.0 Å². The maximum atomic E-state index is 12.6. The van der Waals surface area contributed by atoms with Crippen LogP contribution >= 0.6 is 0 Å². The van der Waals surface area contributed by atoms with Gasteiger partial charge in [0.15, 0.2) is 5.75 Å². The fraction of sp³-hybridized carbons (Fsp3) is 0.182.